The molecule has 118 valence electrons. The van der Waals surface area contributed by atoms with E-state index >= 15 is 0 Å². The molecular weight excluding hydrogens is 309 g/mol. The van der Waals surface area contributed by atoms with Crippen molar-refractivity contribution in [3.05, 3.63) is 30.1 Å². The highest BCUT2D eigenvalue weighted by molar-refractivity contribution is 7.99. The second-order valence-corrected chi connectivity index (χ2v) is 5.97. The highest BCUT2D eigenvalue weighted by Crippen LogP contribution is 2.19. The minimum absolute atomic E-state index is 0.0843. The Morgan fingerprint density at radius 2 is 1.77 bits per heavy atom. The van der Waals surface area contributed by atoms with Crippen LogP contribution < -0.4 is 16.2 Å². The quantitative estimate of drug-likeness (QED) is 0.423. The summed E-state index contributed by atoms with van der Waals surface area (Å²) in [4.78, 5) is 35.0. The van der Waals surface area contributed by atoms with Crippen LogP contribution in [-0.2, 0) is 14.4 Å². The van der Waals surface area contributed by atoms with Gasteiger partial charge in [-0.25, -0.2) is 4.39 Å². The summed E-state index contributed by atoms with van der Waals surface area (Å²) in [5.41, 5.74) is 4.24. The molecule has 1 fully saturated rings. The molecule has 1 aliphatic carbocycles. The van der Waals surface area contributed by atoms with Crippen LogP contribution in [0.2, 0.25) is 0 Å². The molecule has 0 aromatic heterocycles. The first kappa shape index (κ1) is 16.3. The monoisotopic (exact) mass is 325 g/mol. The summed E-state index contributed by atoms with van der Waals surface area (Å²) in [7, 11) is 0. The molecule has 0 radical (unpaired) electrons. The number of rotatable bonds is 5. The van der Waals surface area contributed by atoms with Gasteiger partial charge in [0.2, 0.25) is 5.91 Å². The van der Waals surface area contributed by atoms with Crippen molar-refractivity contribution in [1.29, 1.82) is 0 Å². The van der Waals surface area contributed by atoms with Gasteiger partial charge in [0.15, 0.2) is 0 Å². The molecule has 0 spiro atoms. The molecule has 1 saturated carbocycles. The van der Waals surface area contributed by atoms with E-state index in [-0.39, 0.29) is 18.3 Å². The van der Waals surface area contributed by atoms with Crippen LogP contribution in [0.1, 0.15) is 19.3 Å². The van der Waals surface area contributed by atoms with E-state index in [1.807, 2.05) is 0 Å². The third kappa shape index (κ3) is 5.72. The molecule has 0 aliphatic heterocycles. The van der Waals surface area contributed by atoms with E-state index < -0.39 is 17.7 Å². The van der Waals surface area contributed by atoms with Crippen LogP contribution in [0, 0.1) is 5.82 Å². The highest BCUT2D eigenvalue weighted by atomic mass is 32.2. The number of hydrazine groups is 1. The Bertz CT molecular complexity index is 561. The lowest BCUT2D eigenvalue weighted by molar-refractivity contribution is -0.140. The molecule has 2 rings (SSSR count). The summed E-state index contributed by atoms with van der Waals surface area (Å²) in [5.74, 6) is -1.87. The zero-order valence-corrected chi connectivity index (χ0v) is 12.5. The summed E-state index contributed by atoms with van der Waals surface area (Å²) in [6, 6.07) is 6.03. The molecule has 22 heavy (non-hydrogen) atoms. The third-order valence-corrected chi connectivity index (χ3v) is 3.86. The van der Waals surface area contributed by atoms with Gasteiger partial charge in [-0.05, 0) is 37.1 Å². The van der Waals surface area contributed by atoms with Crippen LogP contribution in [0.4, 0.5) is 4.39 Å². The summed E-state index contributed by atoms with van der Waals surface area (Å²) in [5, 5.41) is 2.51. The van der Waals surface area contributed by atoms with Crippen molar-refractivity contribution >= 4 is 29.5 Å². The maximum atomic E-state index is 12.7. The van der Waals surface area contributed by atoms with Gasteiger partial charge in [0.25, 0.3) is 0 Å². The van der Waals surface area contributed by atoms with Gasteiger partial charge in [0.1, 0.15) is 5.82 Å². The van der Waals surface area contributed by atoms with Crippen molar-refractivity contribution < 1.29 is 18.8 Å². The predicted molar refractivity (Wildman–Crippen MR) is 79.2 cm³/mol. The van der Waals surface area contributed by atoms with Gasteiger partial charge < -0.3 is 5.32 Å². The van der Waals surface area contributed by atoms with Crippen molar-refractivity contribution in [2.45, 2.75) is 30.2 Å². The summed E-state index contributed by atoms with van der Waals surface area (Å²) < 4.78 is 12.7. The van der Waals surface area contributed by atoms with E-state index in [1.54, 1.807) is 12.1 Å². The molecule has 1 aromatic carbocycles. The zero-order valence-electron chi connectivity index (χ0n) is 11.7. The van der Waals surface area contributed by atoms with Gasteiger partial charge >= 0.3 is 11.8 Å². The first-order chi connectivity index (χ1) is 10.5. The Labute approximate surface area is 131 Å². The number of hydrogen-bond donors (Lipinski definition) is 3. The Hall–Kier alpha value is -2.09. The minimum Gasteiger partial charge on any atom is -0.345 e. The average Bonchev–Trinajstić information content (AvgIpc) is 3.30. The van der Waals surface area contributed by atoms with Crippen LogP contribution in [0.5, 0.6) is 0 Å². The first-order valence-corrected chi connectivity index (χ1v) is 7.81. The molecule has 0 bridgehead atoms. The Kier molecular flexibility index (Phi) is 5.76. The number of halogens is 1. The lowest BCUT2D eigenvalue weighted by Gasteiger charge is -2.07. The van der Waals surface area contributed by atoms with E-state index in [4.69, 9.17) is 0 Å². The van der Waals surface area contributed by atoms with Crippen molar-refractivity contribution in [2.24, 2.45) is 0 Å². The van der Waals surface area contributed by atoms with E-state index in [1.165, 1.54) is 23.9 Å². The molecule has 8 heteroatoms. The predicted octanol–water partition coefficient (Wildman–Crippen LogP) is 0.734. The van der Waals surface area contributed by atoms with Gasteiger partial charge in [0.05, 0.1) is 0 Å². The number of nitrogens with one attached hydrogen (secondary N) is 3. The highest BCUT2D eigenvalue weighted by Gasteiger charge is 2.26. The zero-order chi connectivity index (χ0) is 15.9. The SMILES string of the molecule is O=C(CCSc1ccc(F)cc1)NNC(=O)C(=O)NC1CC1. The molecule has 0 heterocycles. The number of carbonyl (C=O) groups excluding carboxylic acids is 3. The van der Waals surface area contributed by atoms with Crippen molar-refractivity contribution in [3.8, 4) is 0 Å². The molecule has 0 atom stereocenters. The van der Waals surface area contributed by atoms with Crippen LogP contribution in [0.25, 0.3) is 0 Å². The maximum Gasteiger partial charge on any atom is 0.327 e. The van der Waals surface area contributed by atoms with Crippen molar-refractivity contribution in [2.75, 3.05) is 5.75 Å². The van der Waals surface area contributed by atoms with Crippen LogP contribution in [0.15, 0.2) is 29.2 Å². The van der Waals surface area contributed by atoms with Crippen LogP contribution in [0.3, 0.4) is 0 Å². The number of amides is 3. The molecule has 6 nitrogen and oxygen atoms in total. The summed E-state index contributed by atoms with van der Waals surface area (Å²) in [6.07, 6.45) is 1.92. The van der Waals surface area contributed by atoms with Gasteiger partial charge in [-0.3, -0.25) is 25.2 Å². The molecular formula is C14H16FN3O3S. The van der Waals surface area contributed by atoms with Gasteiger partial charge in [0, 0.05) is 23.1 Å². The second kappa shape index (κ2) is 7.79. The molecule has 0 unspecified atom stereocenters. The van der Waals surface area contributed by atoms with E-state index in [0.29, 0.717) is 5.75 Å². The fourth-order valence-corrected chi connectivity index (χ4v) is 2.37. The Balaban J connectivity index is 1.59. The van der Waals surface area contributed by atoms with Crippen LogP contribution in [-0.4, -0.2) is 29.5 Å². The molecule has 3 amide bonds. The fraction of sp³-hybridized carbons (Fsp3) is 0.357. The number of thioether (sulfide) groups is 1. The number of hydrogen-bond acceptors (Lipinski definition) is 4. The second-order valence-electron chi connectivity index (χ2n) is 4.80. The molecule has 3 N–H and O–H groups in total. The van der Waals surface area contributed by atoms with Crippen molar-refractivity contribution in [3.63, 3.8) is 0 Å². The number of benzene rings is 1. The van der Waals surface area contributed by atoms with E-state index in [2.05, 4.69) is 16.2 Å². The fourth-order valence-electron chi connectivity index (χ4n) is 1.52. The Morgan fingerprint density at radius 3 is 2.41 bits per heavy atom. The topological polar surface area (TPSA) is 87.3 Å². The maximum absolute atomic E-state index is 12.7. The molecule has 1 aliphatic rings. The molecule has 1 aromatic rings. The van der Waals surface area contributed by atoms with Crippen LogP contribution >= 0.6 is 11.8 Å². The van der Waals surface area contributed by atoms with E-state index in [0.717, 1.165) is 17.7 Å². The normalized spacial score (nSPS) is 13.3. The van der Waals surface area contributed by atoms with Gasteiger partial charge in [-0.2, -0.15) is 0 Å². The summed E-state index contributed by atoms with van der Waals surface area (Å²) in [6.45, 7) is 0. The standard InChI is InChI=1S/C14H16FN3O3S/c15-9-1-5-11(6-2-9)22-8-7-12(19)17-18-14(21)13(20)16-10-3-4-10/h1-2,5-6,10H,3-4,7-8H2,(H,16,20)(H,17,19)(H,18,21). The lowest BCUT2D eigenvalue weighted by atomic mass is 10.4. The smallest absolute Gasteiger partial charge is 0.327 e. The van der Waals surface area contributed by atoms with Crippen molar-refractivity contribution in [1.82, 2.24) is 16.2 Å². The average molecular weight is 325 g/mol. The van der Waals surface area contributed by atoms with Gasteiger partial charge in [-0.15, -0.1) is 11.8 Å². The van der Waals surface area contributed by atoms with E-state index in [9.17, 15) is 18.8 Å². The summed E-state index contributed by atoms with van der Waals surface area (Å²) >= 11 is 1.40. The number of carbonyl (C=O) groups is 3. The largest absolute Gasteiger partial charge is 0.345 e. The lowest BCUT2D eigenvalue weighted by Crippen LogP contribution is -2.49. The molecule has 0 saturated heterocycles. The minimum atomic E-state index is -0.883. The third-order valence-electron chi connectivity index (χ3n) is 2.85. The van der Waals surface area contributed by atoms with Gasteiger partial charge in [-0.1, -0.05) is 0 Å². The Morgan fingerprint density at radius 1 is 1.09 bits per heavy atom. The first-order valence-electron chi connectivity index (χ1n) is 6.82.